The lowest BCUT2D eigenvalue weighted by Crippen LogP contribution is -2.46. The lowest BCUT2D eigenvalue weighted by molar-refractivity contribution is 0.0914. The van der Waals surface area contributed by atoms with E-state index in [1.54, 1.807) is 14.2 Å². The number of carbonyl (C=O) groups is 1. The molecular formula is C18H26ClNO3. The summed E-state index contributed by atoms with van der Waals surface area (Å²) in [7, 11) is 3.26. The SMILES string of the molecule is COc1ccc2c(c1OC)CCC(NC1CCCCC1)C2=O.Cl. The van der Waals surface area contributed by atoms with E-state index in [9.17, 15) is 4.79 Å². The van der Waals surface area contributed by atoms with Gasteiger partial charge in [-0.3, -0.25) is 4.79 Å². The number of fused-ring (bicyclic) bond motifs is 1. The van der Waals surface area contributed by atoms with Gasteiger partial charge in [0.05, 0.1) is 20.3 Å². The van der Waals surface area contributed by atoms with Crippen LogP contribution in [0.5, 0.6) is 11.5 Å². The molecule has 0 aromatic heterocycles. The molecular weight excluding hydrogens is 314 g/mol. The van der Waals surface area contributed by atoms with E-state index < -0.39 is 0 Å². The number of ketones is 1. The fourth-order valence-electron chi connectivity index (χ4n) is 3.79. The monoisotopic (exact) mass is 339 g/mol. The molecule has 0 spiro atoms. The van der Waals surface area contributed by atoms with Crippen LogP contribution in [0.15, 0.2) is 12.1 Å². The van der Waals surface area contributed by atoms with Crippen LogP contribution in [0.2, 0.25) is 0 Å². The molecule has 1 aromatic rings. The second-order valence-corrected chi connectivity index (χ2v) is 6.28. The number of benzene rings is 1. The Morgan fingerprint density at radius 1 is 1.04 bits per heavy atom. The van der Waals surface area contributed by atoms with Crippen LogP contribution in [0.25, 0.3) is 0 Å². The molecule has 128 valence electrons. The second-order valence-electron chi connectivity index (χ2n) is 6.28. The molecule has 0 bridgehead atoms. The first kappa shape index (κ1) is 18.1. The number of halogens is 1. The zero-order valence-corrected chi connectivity index (χ0v) is 14.7. The van der Waals surface area contributed by atoms with E-state index >= 15 is 0 Å². The van der Waals surface area contributed by atoms with Gasteiger partial charge in [0.1, 0.15) is 0 Å². The fraction of sp³-hybridized carbons (Fsp3) is 0.611. The number of ether oxygens (including phenoxy) is 2. The first-order valence-electron chi connectivity index (χ1n) is 8.28. The smallest absolute Gasteiger partial charge is 0.180 e. The highest BCUT2D eigenvalue weighted by Crippen LogP contribution is 2.37. The average Bonchev–Trinajstić information content (AvgIpc) is 2.57. The van der Waals surface area contributed by atoms with Gasteiger partial charge in [0.2, 0.25) is 0 Å². The molecule has 3 rings (SSSR count). The molecule has 5 heteroatoms. The highest BCUT2D eigenvalue weighted by molar-refractivity contribution is 6.03. The normalized spacial score (nSPS) is 21.3. The van der Waals surface area contributed by atoms with Gasteiger partial charge in [-0.25, -0.2) is 0 Å². The lowest BCUT2D eigenvalue weighted by Gasteiger charge is -2.31. The van der Waals surface area contributed by atoms with Crippen LogP contribution in [0.4, 0.5) is 0 Å². The second kappa shape index (κ2) is 8.02. The zero-order valence-electron chi connectivity index (χ0n) is 13.9. The molecule has 0 radical (unpaired) electrons. The molecule has 23 heavy (non-hydrogen) atoms. The molecule has 0 saturated heterocycles. The van der Waals surface area contributed by atoms with Crippen molar-refractivity contribution in [2.75, 3.05) is 14.2 Å². The summed E-state index contributed by atoms with van der Waals surface area (Å²) in [6, 6.07) is 4.17. The molecule has 0 heterocycles. The van der Waals surface area contributed by atoms with Crippen molar-refractivity contribution in [1.82, 2.24) is 5.32 Å². The highest BCUT2D eigenvalue weighted by Gasteiger charge is 2.32. The number of Topliss-reactive ketones (excluding diaryl/α,β-unsaturated/α-hetero) is 1. The average molecular weight is 340 g/mol. The van der Waals surface area contributed by atoms with Crippen molar-refractivity contribution in [3.8, 4) is 11.5 Å². The molecule has 1 saturated carbocycles. The van der Waals surface area contributed by atoms with Gasteiger partial charge < -0.3 is 14.8 Å². The summed E-state index contributed by atoms with van der Waals surface area (Å²) in [4.78, 5) is 12.8. The minimum absolute atomic E-state index is 0. The van der Waals surface area contributed by atoms with Crippen molar-refractivity contribution in [3.63, 3.8) is 0 Å². The van der Waals surface area contributed by atoms with Crippen LogP contribution in [0.3, 0.4) is 0 Å². The summed E-state index contributed by atoms with van der Waals surface area (Å²) >= 11 is 0. The Morgan fingerprint density at radius 3 is 2.43 bits per heavy atom. The summed E-state index contributed by atoms with van der Waals surface area (Å²) in [6.45, 7) is 0. The van der Waals surface area contributed by atoms with Crippen LogP contribution in [0, 0.1) is 0 Å². The summed E-state index contributed by atoms with van der Waals surface area (Å²) in [5.41, 5.74) is 1.78. The maximum Gasteiger partial charge on any atom is 0.180 e. The van der Waals surface area contributed by atoms with Crippen molar-refractivity contribution in [3.05, 3.63) is 23.3 Å². The maximum atomic E-state index is 12.8. The first-order valence-corrected chi connectivity index (χ1v) is 8.28. The Labute approximate surface area is 144 Å². The summed E-state index contributed by atoms with van der Waals surface area (Å²) in [5, 5.41) is 3.59. The number of hydrogen-bond acceptors (Lipinski definition) is 4. The molecule has 1 atom stereocenters. The van der Waals surface area contributed by atoms with E-state index in [4.69, 9.17) is 9.47 Å². The first-order chi connectivity index (χ1) is 10.7. The van der Waals surface area contributed by atoms with Crippen molar-refractivity contribution in [1.29, 1.82) is 0 Å². The van der Waals surface area contributed by atoms with Gasteiger partial charge in [-0.2, -0.15) is 0 Å². The third-order valence-corrected chi connectivity index (χ3v) is 4.96. The van der Waals surface area contributed by atoms with Gasteiger partial charge in [0.25, 0.3) is 0 Å². The largest absolute Gasteiger partial charge is 0.493 e. The van der Waals surface area contributed by atoms with Gasteiger partial charge >= 0.3 is 0 Å². The van der Waals surface area contributed by atoms with E-state index in [-0.39, 0.29) is 24.2 Å². The van der Waals surface area contributed by atoms with E-state index in [2.05, 4.69) is 5.32 Å². The number of rotatable bonds is 4. The molecule has 1 fully saturated rings. The Bertz CT molecular complexity index is 555. The van der Waals surface area contributed by atoms with Crippen LogP contribution in [-0.4, -0.2) is 32.1 Å². The number of nitrogens with one attached hydrogen (secondary N) is 1. The zero-order chi connectivity index (χ0) is 15.5. The Hall–Kier alpha value is -1.26. The summed E-state index contributed by atoms with van der Waals surface area (Å²) in [6.07, 6.45) is 7.97. The molecule has 1 unspecified atom stereocenters. The van der Waals surface area contributed by atoms with Crippen LogP contribution in [0.1, 0.15) is 54.4 Å². The molecule has 2 aliphatic rings. The molecule has 4 nitrogen and oxygen atoms in total. The third-order valence-electron chi connectivity index (χ3n) is 4.96. The minimum atomic E-state index is -0.0475. The van der Waals surface area contributed by atoms with Crippen molar-refractivity contribution >= 4 is 18.2 Å². The van der Waals surface area contributed by atoms with Crippen molar-refractivity contribution in [2.45, 2.75) is 57.0 Å². The Balaban J connectivity index is 0.00000192. The highest BCUT2D eigenvalue weighted by atomic mass is 35.5. The van der Waals surface area contributed by atoms with Crippen molar-refractivity contribution in [2.24, 2.45) is 0 Å². The molecule has 0 amide bonds. The molecule has 0 aliphatic heterocycles. The predicted octanol–water partition coefficient (Wildman–Crippen LogP) is 3.55. The topological polar surface area (TPSA) is 47.6 Å². The maximum absolute atomic E-state index is 12.8. The summed E-state index contributed by atoms with van der Waals surface area (Å²) in [5.74, 6) is 1.62. The number of hydrogen-bond donors (Lipinski definition) is 1. The summed E-state index contributed by atoms with van der Waals surface area (Å²) < 4.78 is 10.8. The van der Waals surface area contributed by atoms with Gasteiger partial charge in [-0.05, 0) is 37.8 Å². The lowest BCUT2D eigenvalue weighted by atomic mass is 9.85. The Kier molecular flexibility index (Phi) is 6.31. The molecule has 1 aromatic carbocycles. The number of carbonyl (C=O) groups excluding carboxylic acids is 1. The van der Waals surface area contributed by atoms with E-state index in [1.807, 2.05) is 12.1 Å². The van der Waals surface area contributed by atoms with E-state index in [0.29, 0.717) is 17.5 Å². The van der Waals surface area contributed by atoms with Crippen LogP contribution < -0.4 is 14.8 Å². The minimum Gasteiger partial charge on any atom is -0.493 e. The van der Waals surface area contributed by atoms with Gasteiger partial charge in [-0.15, -0.1) is 12.4 Å². The fourth-order valence-corrected chi connectivity index (χ4v) is 3.79. The van der Waals surface area contributed by atoms with Crippen LogP contribution >= 0.6 is 12.4 Å². The predicted molar refractivity (Wildman–Crippen MR) is 93.2 cm³/mol. The third kappa shape index (κ3) is 3.64. The van der Waals surface area contributed by atoms with Gasteiger partial charge in [0.15, 0.2) is 17.3 Å². The van der Waals surface area contributed by atoms with E-state index in [1.165, 1.54) is 32.1 Å². The molecule has 1 N–H and O–H groups in total. The van der Waals surface area contributed by atoms with Crippen LogP contribution in [-0.2, 0) is 6.42 Å². The standard InChI is InChI=1S/C18H25NO3.ClH/c1-21-16-11-9-13-14(18(16)22-2)8-10-15(17(13)20)19-12-6-4-3-5-7-12;/h9,11-12,15,19H,3-8,10H2,1-2H3;1H. The van der Waals surface area contributed by atoms with Gasteiger partial charge in [0, 0.05) is 17.2 Å². The van der Waals surface area contributed by atoms with Crippen molar-refractivity contribution < 1.29 is 14.3 Å². The number of methoxy groups -OCH3 is 2. The molecule has 2 aliphatic carbocycles. The van der Waals surface area contributed by atoms with Gasteiger partial charge in [-0.1, -0.05) is 19.3 Å². The van der Waals surface area contributed by atoms with E-state index in [0.717, 1.165) is 24.0 Å². The Morgan fingerprint density at radius 2 is 1.78 bits per heavy atom. The quantitative estimate of drug-likeness (QED) is 0.911.